The highest BCUT2D eigenvalue weighted by atomic mass is 35.5. The molecule has 1 atom stereocenters. The Bertz CT molecular complexity index is 848. The van der Waals surface area contributed by atoms with Crippen molar-refractivity contribution in [1.82, 2.24) is 10.2 Å². The van der Waals surface area contributed by atoms with E-state index in [4.69, 9.17) is 20.4 Å². The molecule has 8 heteroatoms. The van der Waals surface area contributed by atoms with Crippen LogP contribution in [0, 0.1) is 6.92 Å². The Hall–Kier alpha value is -2.25. The molecular weight excluding hydrogens is 350 g/mol. The number of nitrogens with one attached hydrogen (secondary N) is 1. The molecule has 0 radical (unpaired) electrons. The number of carbonyl (C=O) groups is 1. The number of hydrogen-bond acceptors (Lipinski definition) is 6. The minimum Gasteiger partial charge on any atom is -0.459 e. The fraction of sp³-hybridized carbons (Fsp3) is 0.188. The summed E-state index contributed by atoms with van der Waals surface area (Å²) in [5.74, 6) is 0.588. The summed E-state index contributed by atoms with van der Waals surface area (Å²) in [6, 6.07) is 8.80. The molecule has 0 aliphatic heterocycles. The molecule has 1 unspecified atom stereocenters. The Kier molecular flexibility index (Phi) is 4.92. The maximum Gasteiger partial charge on any atom is 0.284 e. The summed E-state index contributed by atoms with van der Waals surface area (Å²) in [7, 11) is 0. The Labute approximate surface area is 147 Å². The van der Waals surface area contributed by atoms with Crippen molar-refractivity contribution in [2.24, 2.45) is 0 Å². The summed E-state index contributed by atoms with van der Waals surface area (Å²) in [5, 5.41) is 11.1. The molecule has 2 heterocycles. The van der Waals surface area contributed by atoms with Gasteiger partial charge in [-0.1, -0.05) is 29.4 Å². The van der Waals surface area contributed by atoms with Gasteiger partial charge in [0.05, 0.1) is 11.5 Å². The number of halogens is 1. The van der Waals surface area contributed by atoms with E-state index in [1.807, 2.05) is 13.0 Å². The van der Waals surface area contributed by atoms with Gasteiger partial charge in [-0.2, -0.15) is 0 Å². The molecule has 124 valence electrons. The van der Waals surface area contributed by atoms with Gasteiger partial charge < -0.3 is 14.2 Å². The third kappa shape index (κ3) is 3.80. The molecule has 0 aliphatic carbocycles. The summed E-state index contributed by atoms with van der Waals surface area (Å²) in [5.41, 5.74) is 1.62. The fourth-order valence-corrected chi connectivity index (χ4v) is 2.78. The van der Waals surface area contributed by atoms with E-state index in [1.54, 1.807) is 31.2 Å². The van der Waals surface area contributed by atoms with Crippen molar-refractivity contribution < 1.29 is 13.6 Å². The van der Waals surface area contributed by atoms with Crippen molar-refractivity contribution in [2.75, 3.05) is 5.32 Å². The topological polar surface area (TPSA) is 81.2 Å². The van der Waals surface area contributed by atoms with Crippen LogP contribution >= 0.6 is 23.4 Å². The van der Waals surface area contributed by atoms with Gasteiger partial charge >= 0.3 is 0 Å². The van der Waals surface area contributed by atoms with Crippen molar-refractivity contribution in [3.8, 4) is 11.7 Å². The summed E-state index contributed by atoms with van der Waals surface area (Å²) < 4.78 is 10.7. The first kappa shape index (κ1) is 16.6. The number of aromatic nitrogens is 2. The van der Waals surface area contributed by atoms with Gasteiger partial charge in [-0.3, -0.25) is 4.79 Å². The van der Waals surface area contributed by atoms with Crippen LogP contribution in [0.3, 0.4) is 0 Å². The molecule has 2 aromatic heterocycles. The van der Waals surface area contributed by atoms with Crippen molar-refractivity contribution >= 4 is 35.0 Å². The zero-order chi connectivity index (χ0) is 17.1. The van der Waals surface area contributed by atoms with E-state index in [9.17, 15) is 4.79 Å². The molecule has 1 N–H and O–H groups in total. The molecule has 1 amide bonds. The molecule has 0 bridgehead atoms. The van der Waals surface area contributed by atoms with Gasteiger partial charge in [0.25, 0.3) is 11.1 Å². The molecule has 3 aromatic rings. The van der Waals surface area contributed by atoms with Crippen molar-refractivity contribution in [1.29, 1.82) is 0 Å². The number of furan rings is 1. The first-order valence-electron chi connectivity index (χ1n) is 7.14. The molecule has 0 aliphatic rings. The van der Waals surface area contributed by atoms with Gasteiger partial charge in [0, 0.05) is 10.7 Å². The molecule has 0 fully saturated rings. The fourth-order valence-electron chi connectivity index (χ4n) is 1.93. The molecule has 0 saturated carbocycles. The van der Waals surface area contributed by atoms with Gasteiger partial charge in [-0.15, -0.1) is 10.2 Å². The summed E-state index contributed by atoms with van der Waals surface area (Å²) in [6.07, 6.45) is 1.52. The van der Waals surface area contributed by atoms with Crippen LogP contribution in [0.15, 0.2) is 50.7 Å². The van der Waals surface area contributed by atoms with Crippen molar-refractivity contribution in [2.45, 2.75) is 24.3 Å². The smallest absolute Gasteiger partial charge is 0.284 e. The molecule has 6 nitrogen and oxygen atoms in total. The van der Waals surface area contributed by atoms with Crippen LogP contribution in [0.25, 0.3) is 11.7 Å². The number of benzene rings is 1. The zero-order valence-corrected chi connectivity index (χ0v) is 14.5. The average molecular weight is 364 g/mol. The monoisotopic (exact) mass is 363 g/mol. The predicted molar refractivity (Wildman–Crippen MR) is 92.1 cm³/mol. The molecule has 0 spiro atoms. The number of anilines is 1. The molecular formula is C16H14ClN3O3S. The van der Waals surface area contributed by atoms with Crippen LogP contribution in [0.2, 0.25) is 5.02 Å². The van der Waals surface area contributed by atoms with E-state index in [-0.39, 0.29) is 11.8 Å². The number of amides is 1. The minimum absolute atomic E-state index is 0.178. The normalized spacial score (nSPS) is 12.1. The van der Waals surface area contributed by atoms with Gasteiger partial charge in [0.15, 0.2) is 5.76 Å². The number of thioether (sulfide) groups is 1. The lowest BCUT2D eigenvalue weighted by molar-refractivity contribution is -0.115. The summed E-state index contributed by atoms with van der Waals surface area (Å²) in [4.78, 5) is 12.3. The lowest BCUT2D eigenvalue weighted by Gasteiger charge is -2.12. The van der Waals surface area contributed by atoms with Gasteiger partial charge in [0.2, 0.25) is 5.91 Å². The van der Waals surface area contributed by atoms with Crippen LogP contribution in [-0.4, -0.2) is 21.4 Å². The minimum atomic E-state index is -0.423. The lowest BCUT2D eigenvalue weighted by atomic mass is 10.2. The molecule has 1 aromatic carbocycles. The highest BCUT2D eigenvalue weighted by molar-refractivity contribution is 8.00. The number of rotatable bonds is 5. The highest BCUT2D eigenvalue weighted by Gasteiger charge is 2.20. The largest absolute Gasteiger partial charge is 0.459 e. The average Bonchev–Trinajstić information content (AvgIpc) is 3.21. The standard InChI is InChI=1S/C16H14ClN3O3S/c1-9-5-6-11(17)8-12(9)18-14(21)10(2)24-16-20-19-15(23-16)13-4-3-7-22-13/h3-8,10H,1-2H3,(H,18,21). The van der Waals surface area contributed by atoms with Crippen LogP contribution in [0.1, 0.15) is 12.5 Å². The van der Waals surface area contributed by atoms with Crippen LogP contribution in [0.4, 0.5) is 5.69 Å². The third-order valence-electron chi connectivity index (χ3n) is 3.24. The number of aryl methyl sites for hydroxylation is 1. The second-order valence-corrected chi connectivity index (χ2v) is 6.79. The Morgan fingerprint density at radius 2 is 2.17 bits per heavy atom. The van der Waals surface area contributed by atoms with E-state index in [2.05, 4.69) is 15.5 Å². The van der Waals surface area contributed by atoms with Crippen molar-refractivity contribution in [3.05, 3.63) is 47.2 Å². The zero-order valence-electron chi connectivity index (χ0n) is 12.9. The first-order valence-corrected chi connectivity index (χ1v) is 8.40. The van der Waals surface area contributed by atoms with E-state index in [0.717, 1.165) is 5.56 Å². The Balaban J connectivity index is 1.65. The second kappa shape index (κ2) is 7.11. The van der Waals surface area contributed by atoms with E-state index in [1.165, 1.54) is 18.0 Å². The third-order valence-corrected chi connectivity index (χ3v) is 4.41. The quantitative estimate of drug-likeness (QED) is 0.676. The summed E-state index contributed by atoms with van der Waals surface area (Å²) in [6.45, 7) is 3.66. The van der Waals surface area contributed by atoms with Gasteiger partial charge in [-0.05, 0) is 43.7 Å². The number of nitrogens with zero attached hydrogens (tertiary/aromatic N) is 2. The Morgan fingerprint density at radius 1 is 1.33 bits per heavy atom. The molecule has 3 rings (SSSR count). The maximum absolute atomic E-state index is 12.3. The lowest BCUT2D eigenvalue weighted by Crippen LogP contribution is -2.22. The number of hydrogen-bond donors (Lipinski definition) is 1. The number of carbonyl (C=O) groups excluding carboxylic acids is 1. The van der Waals surface area contributed by atoms with Crippen LogP contribution in [-0.2, 0) is 4.79 Å². The van der Waals surface area contributed by atoms with E-state index in [0.29, 0.717) is 21.7 Å². The van der Waals surface area contributed by atoms with Gasteiger partial charge in [0.1, 0.15) is 0 Å². The van der Waals surface area contributed by atoms with E-state index < -0.39 is 5.25 Å². The van der Waals surface area contributed by atoms with Crippen LogP contribution < -0.4 is 5.32 Å². The second-order valence-electron chi connectivity index (χ2n) is 5.06. The molecule has 24 heavy (non-hydrogen) atoms. The predicted octanol–water partition coefficient (Wildman–Crippen LogP) is 4.41. The van der Waals surface area contributed by atoms with Crippen LogP contribution in [0.5, 0.6) is 0 Å². The van der Waals surface area contributed by atoms with Gasteiger partial charge in [-0.25, -0.2) is 0 Å². The van der Waals surface area contributed by atoms with Crippen molar-refractivity contribution in [3.63, 3.8) is 0 Å². The maximum atomic E-state index is 12.3. The SMILES string of the molecule is Cc1ccc(Cl)cc1NC(=O)C(C)Sc1nnc(-c2ccco2)o1. The first-order chi connectivity index (χ1) is 11.5. The van der Waals surface area contributed by atoms with E-state index >= 15 is 0 Å². The Morgan fingerprint density at radius 3 is 2.92 bits per heavy atom. The molecule has 0 saturated heterocycles. The summed E-state index contributed by atoms with van der Waals surface area (Å²) >= 11 is 7.13. The highest BCUT2D eigenvalue weighted by Crippen LogP contribution is 2.27.